The quantitative estimate of drug-likeness (QED) is 0.0563. The smallest absolute Gasteiger partial charge is 0.259 e. The van der Waals surface area contributed by atoms with Gasteiger partial charge in [-0.2, -0.15) is 0 Å². The van der Waals surface area contributed by atoms with Crippen LogP contribution in [0.15, 0.2) is 170 Å². The number of nitrogens with one attached hydrogen (secondary N) is 3. The van der Waals surface area contributed by atoms with Crippen LogP contribution < -0.4 is 30.7 Å². The lowest BCUT2D eigenvalue weighted by Gasteiger charge is -2.53. The van der Waals surface area contributed by atoms with Crippen molar-refractivity contribution in [1.29, 1.82) is 0 Å². The molecule has 3 N–H and O–H groups in total. The number of para-hydroxylation sites is 2. The number of fused-ring (bicyclic) bond motifs is 6. The average Bonchev–Trinajstić information content (AvgIpc) is 1.50. The standard InChI is InChI=1S/C42H39FN4O4S.C35H27ClFN3O3S.C7H13NO.HI/c1-26-20-33(39(44-23-26)46-24-42(25-46)15-18-51-19-16-42)40(49)45-30-12-10-28(11-13-30)41(50)47-17-14-29-21-37(52-38(29)31-7-3-4-9-35(31)47)36(48)22-32-27(2)6-5-8-34(32)43;1-20-16-27(33(36)38-19-20)34(42)39-24-12-10-22(11-13-24)35(43)40-15-14-23-17-31(44-32(23)25-7-3-4-9-29(25)40)30(41)18-26-21(2)6-5-8-28(26)37;1-3-9-4-2-7(1)5-8-6-7;/h3-13,20-21,23H,14-19,22,24-25H2,1-2H3,(H,45,49);3-13,16-17,19H,14-15,18H2,1-2H3,(H,39,42);8H,1-6H2;1H. The number of aryl methyl sites for hydroxylation is 4. The average molecular weight is 1590 g/mol. The molecule has 22 heteroatoms. The van der Waals surface area contributed by atoms with Crippen molar-refractivity contribution in [3.8, 4) is 20.9 Å². The topological polar surface area (TPSA) is 192 Å². The van der Waals surface area contributed by atoms with E-state index in [0.717, 1.165) is 118 Å². The van der Waals surface area contributed by atoms with Crippen LogP contribution in [0.3, 0.4) is 0 Å². The first-order valence-corrected chi connectivity index (χ1v) is 37.4. The molecular weight excluding hydrogens is 1510 g/mol. The van der Waals surface area contributed by atoms with Crippen LogP contribution in [0.4, 0.5) is 37.3 Å². The minimum atomic E-state index is -0.389. The molecule has 544 valence electrons. The zero-order valence-corrected chi connectivity index (χ0v) is 64.0. The van der Waals surface area contributed by atoms with Crippen molar-refractivity contribution in [3.05, 3.63) is 263 Å². The van der Waals surface area contributed by atoms with E-state index in [4.69, 9.17) is 21.1 Å². The van der Waals surface area contributed by atoms with Gasteiger partial charge in [0.2, 0.25) is 0 Å². The predicted molar refractivity (Wildman–Crippen MR) is 426 cm³/mol. The van der Waals surface area contributed by atoms with Crippen LogP contribution in [0.5, 0.6) is 0 Å². The molecule has 0 unspecified atom stereocenters. The molecule has 10 heterocycles. The molecule has 0 aliphatic carbocycles. The first-order chi connectivity index (χ1) is 50.8. The fourth-order valence-corrected chi connectivity index (χ4v) is 17.2. The molecule has 106 heavy (non-hydrogen) atoms. The third kappa shape index (κ3) is 16.2. The Balaban J connectivity index is 0.000000167. The summed E-state index contributed by atoms with van der Waals surface area (Å²) in [6.45, 7) is 15.9. The van der Waals surface area contributed by atoms with Crippen molar-refractivity contribution < 1.29 is 47.0 Å². The number of pyridine rings is 2. The monoisotopic (exact) mass is 1590 g/mol. The molecule has 0 saturated carbocycles. The normalized spacial score (nSPS) is 15.7. The first kappa shape index (κ1) is 75.0. The third-order valence-corrected chi connectivity index (χ3v) is 23.6. The highest BCUT2D eigenvalue weighted by atomic mass is 127. The lowest BCUT2D eigenvalue weighted by Crippen LogP contribution is -2.59. The minimum absolute atomic E-state index is 0. The van der Waals surface area contributed by atoms with E-state index in [1.165, 1.54) is 60.7 Å². The lowest BCUT2D eigenvalue weighted by atomic mass is 9.73. The van der Waals surface area contributed by atoms with Gasteiger partial charge in [0.05, 0.1) is 32.3 Å². The second-order valence-electron chi connectivity index (χ2n) is 28.1. The molecule has 6 aliphatic heterocycles. The Hall–Kier alpha value is -9.20. The van der Waals surface area contributed by atoms with Crippen molar-refractivity contribution in [3.63, 3.8) is 0 Å². The molecule has 16 rings (SSSR count). The second-order valence-corrected chi connectivity index (χ2v) is 30.6. The maximum atomic E-state index is 14.5. The summed E-state index contributed by atoms with van der Waals surface area (Å²) in [4.78, 5) is 98.2. The molecule has 6 aliphatic rings. The van der Waals surface area contributed by atoms with Crippen LogP contribution in [0, 0.1) is 50.2 Å². The van der Waals surface area contributed by atoms with Gasteiger partial charge in [-0.3, -0.25) is 28.8 Å². The maximum Gasteiger partial charge on any atom is 0.259 e. The van der Waals surface area contributed by atoms with Crippen LogP contribution in [-0.4, -0.2) is 111 Å². The number of rotatable bonds is 13. The van der Waals surface area contributed by atoms with Gasteiger partial charge in [-0.15, -0.1) is 46.7 Å². The molecule has 4 amide bonds. The molecule has 4 aromatic heterocycles. The van der Waals surface area contributed by atoms with Gasteiger partial charge in [0.1, 0.15) is 22.6 Å². The van der Waals surface area contributed by atoms with Crippen molar-refractivity contribution >= 4 is 122 Å². The summed E-state index contributed by atoms with van der Waals surface area (Å²) in [5.41, 5.74) is 13.1. The van der Waals surface area contributed by atoms with E-state index < -0.39 is 0 Å². The number of anilines is 5. The van der Waals surface area contributed by atoms with E-state index >= 15 is 0 Å². The summed E-state index contributed by atoms with van der Waals surface area (Å²) >= 11 is 8.89. The Morgan fingerprint density at radius 1 is 0.538 bits per heavy atom. The number of benzene rings is 6. The number of aromatic nitrogens is 2. The number of Topliss-reactive ketones (excluding diaryl/α,β-unsaturated/α-hetero) is 2. The van der Waals surface area contributed by atoms with Gasteiger partial charge in [0.25, 0.3) is 23.6 Å². The summed E-state index contributed by atoms with van der Waals surface area (Å²) in [7, 11) is 0. The molecule has 6 aromatic carbocycles. The SMILES string of the molecule is C1CC2(CCO1)CNC2.Cc1cnc(Cl)c(C(=O)Nc2ccc(C(=O)N3CCc4cc(C(=O)Cc5c(C)cccc5F)sc4-c4ccccc43)cc2)c1.Cc1cnc(N2CC3(CCOCC3)C2)c(C(=O)Nc2ccc(C(=O)N3CCc4cc(C(=O)Cc5c(C)cccc5F)sc4-c4ccccc43)cc2)c1.I. The van der Waals surface area contributed by atoms with Crippen molar-refractivity contribution in [2.45, 2.75) is 79.1 Å². The Kier molecular flexibility index (Phi) is 23.0. The highest BCUT2D eigenvalue weighted by Gasteiger charge is 2.45. The summed E-state index contributed by atoms with van der Waals surface area (Å²) < 4.78 is 39.8. The van der Waals surface area contributed by atoms with E-state index in [9.17, 15) is 37.5 Å². The third-order valence-electron chi connectivity index (χ3n) is 20.8. The second kappa shape index (κ2) is 32.5. The van der Waals surface area contributed by atoms with Crippen molar-refractivity contribution in [2.24, 2.45) is 10.8 Å². The number of nitrogens with zero attached hydrogens (tertiary/aromatic N) is 5. The summed E-state index contributed by atoms with van der Waals surface area (Å²) in [6.07, 6.45) is 9.11. The Bertz CT molecular complexity index is 4960. The molecule has 4 saturated heterocycles. The van der Waals surface area contributed by atoms with Crippen LogP contribution in [0.1, 0.15) is 131 Å². The van der Waals surface area contributed by atoms with Crippen LogP contribution >= 0.6 is 58.3 Å². The number of halogens is 4. The van der Waals surface area contributed by atoms with Gasteiger partial charge in [0, 0.05) is 140 Å². The van der Waals surface area contributed by atoms with Gasteiger partial charge >= 0.3 is 0 Å². The minimum Gasteiger partial charge on any atom is -0.381 e. The van der Waals surface area contributed by atoms with Crippen molar-refractivity contribution in [1.82, 2.24) is 15.3 Å². The fraction of sp³-hybridized carbons (Fsp3) is 0.286. The van der Waals surface area contributed by atoms with Gasteiger partial charge in [-0.1, -0.05) is 72.3 Å². The predicted octanol–water partition coefficient (Wildman–Crippen LogP) is 17.2. The summed E-state index contributed by atoms with van der Waals surface area (Å²) in [6, 6.07) is 46.1. The summed E-state index contributed by atoms with van der Waals surface area (Å²) in [5.74, 6) is -1.27. The van der Waals surface area contributed by atoms with E-state index in [1.807, 2.05) is 93.6 Å². The van der Waals surface area contributed by atoms with E-state index in [0.29, 0.717) is 86.1 Å². The molecule has 0 bridgehead atoms. The van der Waals surface area contributed by atoms with Gasteiger partial charge in [-0.25, -0.2) is 18.7 Å². The number of carbonyl (C=O) groups excluding carboxylic acids is 6. The zero-order chi connectivity index (χ0) is 73.1. The van der Waals surface area contributed by atoms with Crippen LogP contribution in [0.2, 0.25) is 5.15 Å². The molecule has 0 radical (unpaired) electrons. The maximum absolute atomic E-state index is 14.5. The van der Waals surface area contributed by atoms with Gasteiger partial charge < -0.3 is 40.1 Å². The van der Waals surface area contributed by atoms with Crippen LogP contribution in [-0.2, 0) is 35.2 Å². The number of hydrogen-bond donors (Lipinski definition) is 3. The van der Waals surface area contributed by atoms with E-state index in [-0.39, 0.29) is 99.8 Å². The van der Waals surface area contributed by atoms with E-state index in [2.05, 4.69) is 30.8 Å². The molecule has 4 fully saturated rings. The molecule has 0 atom stereocenters. The molecule has 16 nitrogen and oxygen atoms in total. The van der Waals surface area contributed by atoms with Gasteiger partial charge in [-0.05, 0) is 213 Å². The Morgan fingerprint density at radius 3 is 1.42 bits per heavy atom. The Morgan fingerprint density at radius 2 is 0.972 bits per heavy atom. The number of ketones is 2. The van der Waals surface area contributed by atoms with Crippen LogP contribution in [0.25, 0.3) is 20.9 Å². The number of hydrogen-bond acceptors (Lipinski definition) is 14. The first-order valence-electron chi connectivity index (χ1n) is 35.4. The molecular formula is C84H80ClF2IN8O8S2. The van der Waals surface area contributed by atoms with Gasteiger partial charge in [0.15, 0.2) is 11.6 Å². The molecule has 10 aromatic rings. The Labute approximate surface area is 644 Å². The highest BCUT2D eigenvalue weighted by molar-refractivity contribution is 14.0. The van der Waals surface area contributed by atoms with E-state index in [1.54, 1.807) is 102 Å². The fourth-order valence-electron chi connectivity index (χ4n) is 14.6. The molecule has 2 spiro atoms. The number of thiophene rings is 2. The number of ether oxygens (including phenoxy) is 2. The zero-order valence-electron chi connectivity index (χ0n) is 59.3. The largest absolute Gasteiger partial charge is 0.381 e. The summed E-state index contributed by atoms with van der Waals surface area (Å²) in [5, 5.41) is 9.26. The van der Waals surface area contributed by atoms with Crippen molar-refractivity contribution in [2.75, 3.05) is 91.0 Å². The highest BCUT2D eigenvalue weighted by Crippen LogP contribution is 2.46. The number of carbonyl (C=O) groups is 6. The lowest BCUT2D eigenvalue weighted by molar-refractivity contribution is -0.0130. The number of amides is 4.